The van der Waals surface area contributed by atoms with Gasteiger partial charge in [-0.1, -0.05) is 12.8 Å². The van der Waals surface area contributed by atoms with Crippen LogP contribution in [-0.4, -0.2) is 47.7 Å². The van der Waals surface area contributed by atoms with E-state index >= 15 is 0 Å². The number of amides is 1. The molecule has 1 aromatic rings. The highest BCUT2D eigenvalue weighted by Gasteiger charge is 2.29. The molecule has 1 atom stereocenters. The summed E-state index contributed by atoms with van der Waals surface area (Å²) in [6.45, 7) is 1.76. The molecule has 1 saturated heterocycles. The Balaban J connectivity index is 1.58. The monoisotopic (exact) mass is 276 g/mol. The van der Waals surface area contributed by atoms with E-state index in [9.17, 15) is 4.79 Å². The Hall–Kier alpha value is -1.69. The van der Waals surface area contributed by atoms with Crippen LogP contribution in [0.25, 0.3) is 0 Å². The molecule has 1 N–H and O–H groups in total. The third-order valence-electron chi connectivity index (χ3n) is 3.90. The Bertz CT molecular complexity index is 448. The van der Waals surface area contributed by atoms with Crippen molar-refractivity contribution >= 4 is 11.9 Å². The number of ether oxygens (including phenoxy) is 1. The first-order valence-corrected chi connectivity index (χ1v) is 7.27. The van der Waals surface area contributed by atoms with Gasteiger partial charge in [-0.2, -0.15) is 0 Å². The molecule has 0 radical (unpaired) electrons. The van der Waals surface area contributed by atoms with E-state index < -0.39 is 6.10 Å². The maximum absolute atomic E-state index is 12.2. The van der Waals surface area contributed by atoms with Crippen molar-refractivity contribution in [2.24, 2.45) is 0 Å². The quantitative estimate of drug-likeness (QED) is 0.882. The van der Waals surface area contributed by atoms with Gasteiger partial charge in [-0.05, 0) is 18.9 Å². The predicted octanol–water partition coefficient (Wildman–Crippen LogP) is 0.741. The standard InChI is InChI=1S/C14H20N4O2/c19-13(17-11-4-1-2-5-11)12-10-18(8-9-20-12)14-15-6-3-7-16-14/h3,6-7,11-12H,1-2,4-5,8-10H2,(H,17,19)/t12-/m1/s1. The van der Waals surface area contributed by atoms with Gasteiger partial charge in [0.2, 0.25) is 5.95 Å². The van der Waals surface area contributed by atoms with Gasteiger partial charge in [-0.25, -0.2) is 9.97 Å². The molecule has 20 heavy (non-hydrogen) atoms. The van der Waals surface area contributed by atoms with Crippen LogP contribution in [0, 0.1) is 0 Å². The first-order valence-electron chi connectivity index (χ1n) is 7.27. The van der Waals surface area contributed by atoms with E-state index in [1.54, 1.807) is 18.5 Å². The Morgan fingerprint density at radius 3 is 2.80 bits per heavy atom. The zero-order valence-corrected chi connectivity index (χ0v) is 11.5. The highest BCUT2D eigenvalue weighted by Crippen LogP contribution is 2.18. The molecule has 1 aliphatic carbocycles. The lowest BCUT2D eigenvalue weighted by Crippen LogP contribution is -2.51. The molecule has 3 rings (SSSR count). The Morgan fingerprint density at radius 1 is 1.30 bits per heavy atom. The number of rotatable bonds is 3. The van der Waals surface area contributed by atoms with Crippen LogP contribution in [0.4, 0.5) is 5.95 Å². The number of aromatic nitrogens is 2. The molecule has 1 aliphatic heterocycles. The Labute approximate surface area is 118 Å². The fourth-order valence-corrected chi connectivity index (χ4v) is 2.81. The number of carbonyl (C=O) groups is 1. The second-order valence-electron chi connectivity index (χ2n) is 5.34. The summed E-state index contributed by atoms with van der Waals surface area (Å²) in [5, 5.41) is 3.09. The van der Waals surface area contributed by atoms with Gasteiger partial charge in [0.1, 0.15) is 0 Å². The molecule has 1 saturated carbocycles. The number of nitrogens with zero attached hydrogens (tertiary/aromatic N) is 3. The molecular formula is C14H20N4O2. The van der Waals surface area contributed by atoms with Crippen LogP contribution in [0.5, 0.6) is 0 Å². The molecule has 6 heteroatoms. The topological polar surface area (TPSA) is 67.4 Å². The molecule has 0 spiro atoms. The molecular weight excluding hydrogens is 256 g/mol. The number of hydrogen-bond donors (Lipinski definition) is 1. The smallest absolute Gasteiger partial charge is 0.251 e. The van der Waals surface area contributed by atoms with Crippen LogP contribution in [-0.2, 0) is 9.53 Å². The van der Waals surface area contributed by atoms with Gasteiger partial charge < -0.3 is 15.0 Å². The van der Waals surface area contributed by atoms with Gasteiger partial charge in [-0.15, -0.1) is 0 Å². The summed E-state index contributed by atoms with van der Waals surface area (Å²) in [5.41, 5.74) is 0. The van der Waals surface area contributed by atoms with Crippen LogP contribution in [0.3, 0.4) is 0 Å². The zero-order valence-electron chi connectivity index (χ0n) is 11.5. The van der Waals surface area contributed by atoms with Crippen molar-refractivity contribution in [1.82, 2.24) is 15.3 Å². The van der Waals surface area contributed by atoms with E-state index in [-0.39, 0.29) is 5.91 Å². The zero-order chi connectivity index (χ0) is 13.8. The van der Waals surface area contributed by atoms with Crippen molar-refractivity contribution in [3.8, 4) is 0 Å². The summed E-state index contributed by atoms with van der Waals surface area (Å²) in [4.78, 5) is 22.7. The van der Waals surface area contributed by atoms with Crippen molar-refractivity contribution < 1.29 is 9.53 Å². The molecule has 2 heterocycles. The van der Waals surface area contributed by atoms with Gasteiger partial charge in [0.05, 0.1) is 13.2 Å². The average molecular weight is 276 g/mol. The van der Waals surface area contributed by atoms with E-state index in [4.69, 9.17) is 4.74 Å². The predicted molar refractivity (Wildman–Crippen MR) is 74.4 cm³/mol. The molecule has 1 amide bonds. The fourth-order valence-electron chi connectivity index (χ4n) is 2.81. The first-order chi connectivity index (χ1) is 9.83. The summed E-state index contributed by atoms with van der Waals surface area (Å²) < 4.78 is 5.59. The lowest BCUT2D eigenvalue weighted by atomic mass is 10.2. The molecule has 2 fully saturated rings. The van der Waals surface area contributed by atoms with Crippen LogP contribution in [0.15, 0.2) is 18.5 Å². The number of hydrogen-bond acceptors (Lipinski definition) is 5. The van der Waals surface area contributed by atoms with Gasteiger partial charge in [0.15, 0.2) is 6.10 Å². The number of carbonyl (C=O) groups excluding carboxylic acids is 1. The van der Waals surface area contributed by atoms with Crippen molar-refractivity contribution in [2.75, 3.05) is 24.6 Å². The van der Waals surface area contributed by atoms with Crippen LogP contribution in [0.2, 0.25) is 0 Å². The molecule has 1 aromatic heterocycles. The highest BCUT2D eigenvalue weighted by atomic mass is 16.5. The summed E-state index contributed by atoms with van der Waals surface area (Å²) in [6.07, 6.45) is 7.60. The molecule has 0 unspecified atom stereocenters. The lowest BCUT2D eigenvalue weighted by Gasteiger charge is -2.32. The minimum Gasteiger partial charge on any atom is -0.365 e. The Morgan fingerprint density at radius 2 is 2.05 bits per heavy atom. The van der Waals surface area contributed by atoms with E-state index in [1.165, 1.54) is 12.8 Å². The third-order valence-corrected chi connectivity index (χ3v) is 3.90. The number of morpholine rings is 1. The number of anilines is 1. The summed E-state index contributed by atoms with van der Waals surface area (Å²) in [5.74, 6) is 0.659. The summed E-state index contributed by atoms with van der Waals surface area (Å²) in [7, 11) is 0. The minimum atomic E-state index is -0.423. The average Bonchev–Trinajstić information content (AvgIpc) is 3.01. The van der Waals surface area contributed by atoms with Gasteiger partial charge in [0, 0.05) is 25.0 Å². The Kier molecular flexibility index (Phi) is 4.11. The number of nitrogens with one attached hydrogen (secondary N) is 1. The third kappa shape index (κ3) is 3.07. The van der Waals surface area contributed by atoms with Crippen molar-refractivity contribution in [3.63, 3.8) is 0 Å². The van der Waals surface area contributed by atoms with E-state index in [0.717, 1.165) is 19.4 Å². The largest absolute Gasteiger partial charge is 0.365 e. The molecule has 0 bridgehead atoms. The first kappa shape index (κ1) is 13.3. The van der Waals surface area contributed by atoms with E-state index in [1.807, 2.05) is 4.90 Å². The fraction of sp³-hybridized carbons (Fsp3) is 0.643. The normalized spacial score (nSPS) is 23.8. The highest BCUT2D eigenvalue weighted by molar-refractivity contribution is 5.82. The van der Waals surface area contributed by atoms with E-state index in [0.29, 0.717) is 25.1 Å². The summed E-state index contributed by atoms with van der Waals surface area (Å²) in [6, 6.07) is 2.11. The lowest BCUT2D eigenvalue weighted by molar-refractivity contribution is -0.134. The second kappa shape index (κ2) is 6.17. The van der Waals surface area contributed by atoms with Crippen LogP contribution in [0.1, 0.15) is 25.7 Å². The molecule has 6 nitrogen and oxygen atoms in total. The van der Waals surface area contributed by atoms with Gasteiger partial charge >= 0.3 is 0 Å². The van der Waals surface area contributed by atoms with E-state index in [2.05, 4.69) is 15.3 Å². The van der Waals surface area contributed by atoms with Crippen molar-refractivity contribution in [3.05, 3.63) is 18.5 Å². The SMILES string of the molecule is O=C(NC1CCCC1)[C@H]1CN(c2ncccn2)CCO1. The maximum atomic E-state index is 12.2. The van der Waals surface area contributed by atoms with Crippen LogP contribution >= 0.6 is 0 Å². The molecule has 0 aromatic carbocycles. The summed E-state index contributed by atoms with van der Waals surface area (Å²) >= 11 is 0. The van der Waals surface area contributed by atoms with Crippen molar-refractivity contribution in [1.29, 1.82) is 0 Å². The maximum Gasteiger partial charge on any atom is 0.251 e. The minimum absolute atomic E-state index is 0.00229. The molecule has 108 valence electrons. The van der Waals surface area contributed by atoms with Gasteiger partial charge in [0.25, 0.3) is 5.91 Å². The molecule has 2 aliphatic rings. The van der Waals surface area contributed by atoms with Crippen molar-refractivity contribution in [2.45, 2.75) is 37.8 Å². The second-order valence-corrected chi connectivity index (χ2v) is 5.34. The van der Waals surface area contributed by atoms with Crippen LogP contribution < -0.4 is 10.2 Å². The van der Waals surface area contributed by atoms with Gasteiger partial charge in [-0.3, -0.25) is 4.79 Å².